The van der Waals surface area contributed by atoms with Gasteiger partial charge in [-0.3, -0.25) is 9.59 Å². The van der Waals surface area contributed by atoms with Gasteiger partial charge in [0.15, 0.2) is 0 Å². The van der Waals surface area contributed by atoms with Crippen LogP contribution in [0.3, 0.4) is 0 Å². The van der Waals surface area contributed by atoms with Crippen LogP contribution in [0.2, 0.25) is 5.02 Å². The fourth-order valence-electron chi connectivity index (χ4n) is 2.92. The van der Waals surface area contributed by atoms with Crippen molar-refractivity contribution in [1.82, 2.24) is 5.32 Å². The Morgan fingerprint density at radius 2 is 1.95 bits per heavy atom. The summed E-state index contributed by atoms with van der Waals surface area (Å²) in [4.78, 5) is 25.7. The molecule has 2 amide bonds. The van der Waals surface area contributed by atoms with Gasteiger partial charge in [-0.25, -0.2) is 0 Å². The Morgan fingerprint density at radius 3 is 2.59 bits per heavy atom. The summed E-state index contributed by atoms with van der Waals surface area (Å²) in [7, 11) is 0. The molecule has 0 unspecified atom stereocenters. The molecule has 1 fully saturated rings. The quantitative estimate of drug-likeness (QED) is 0.923. The summed E-state index contributed by atoms with van der Waals surface area (Å²) in [6, 6.07) is 5.63. The van der Waals surface area contributed by atoms with Crippen molar-refractivity contribution in [3.63, 3.8) is 0 Å². The van der Waals surface area contributed by atoms with Crippen molar-refractivity contribution < 1.29 is 9.59 Å². The third kappa shape index (κ3) is 4.23. The number of carbonyl (C=O) groups is 2. The third-order valence-electron chi connectivity index (χ3n) is 4.18. The van der Waals surface area contributed by atoms with E-state index in [9.17, 15) is 9.59 Å². The molecule has 1 aromatic rings. The molecule has 0 radical (unpaired) electrons. The molecular weight excluding hydrogens is 300 g/mol. The first-order valence-corrected chi connectivity index (χ1v) is 8.19. The van der Waals surface area contributed by atoms with E-state index in [2.05, 4.69) is 5.32 Å². The molecule has 0 heterocycles. The van der Waals surface area contributed by atoms with Gasteiger partial charge in [0.1, 0.15) is 6.54 Å². The average Bonchev–Trinajstić information content (AvgIpc) is 2.49. The highest BCUT2D eigenvalue weighted by Crippen LogP contribution is 2.26. The van der Waals surface area contributed by atoms with E-state index in [1.54, 1.807) is 12.1 Å². The standard InChI is InChI=1S/C17H23ClN2O2/c1-12-15(18)9-6-10-16(12)20(13(2)21)11-17(22)19-14-7-4-3-5-8-14/h6,9-10,14H,3-5,7-8,11H2,1-2H3,(H,19,22). The summed E-state index contributed by atoms with van der Waals surface area (Å²) in [6.45, 7) is 3.36. The molecule has 2 rings (SSSR count). The minimum atomic E-state index is -0.163. The Kier molecular flexibility index (Phi) is 5.83. The Morgan fingerprint density at radius 1 is 1.27 bits per heavy atom. The molecule has 0 atom stereocenters. The van der Waals surface area contributed by atoms with Gasteiger partial charge in [0, 0.05) is 23.7 Å². The molecule has 0 bridgehead atoms. The average molecular weight is 323 g/mol. The van der Waals surface area contributed by atoms with Crippen LogP contribution in [0.1, 0.15) is 44.6 Å². The maximum atomic E-state index is 12.3. The van der Waals surface area contributed by atoms with Crippen molar-refractivity contribution in [3.8, 4) is 0 Å². The smallest absolute Gasteiger partial charge is 0.240 e. The molecular formula is C17H23ClN2O2. The van der Waals surface area contributed by atoms with Crippen molar-refractivity contribution in [3.05, 3.63) is 28.8 Å². The van der Waals surface area contributed by atoms with Crippen LogP contribution in [-0.2, 0) is 9.59 Å². The zero-order valence-electron chi connectivity index (χ0n) is 13.2. The predicted molar refractivity (Wildman–Crippen MR) is 89.2 cm³/mol. The van der Waals surface area contributed by atoms with Gasteiger partial charge in [0.05, 0.1) is 0 Å². The number of hydrogen-bond acceptors (Lipinski definition) is 2. The SMILES string of the molecule is CC(=O)N(CC(=O)NC1CCCCC1)c1cccc(Cl)c1C. The minimum absolute atomic E-state index is 0.0347. The van der Waals surface area contributed by atoms with Gasteiger partial charge in [0.2, 0.25) is 11.8 Å². The third-order valence-corrected chi connectivity index (χ3v) is 4.59. The van der Waals surface area contributed by atoms with Crippen LogP contribution >= 0.6 is 11.6 Å². The minimum Gasteiger partial charge on any atom is -0.352 e. The number of anilines is 1. The van der Waals surface area contributed by atoms with Gasteiger partial charge in [-0.15, -0.1) is 0 Å². The maximum absolute atomic E-state index is 12.3. The van der Waals surface area contributed by atoms with Gasteiger partial charge in [-0.2, -0.15) is 0 Å². The molecule has 0 saturated heterocycles. The van der Waals surface area contributed by atoms with Gasteiger partial charge in [0.25, 0.3) is 0 Å². The van der Waals surface area contributed by atoms with E-state index in [1.165, 1.54) is 18.2 Å². The number of carbonyl (C=O) groups excluding carboxylic acids is 2. The lowest BCUT2D eigenvalue weighted by molar-refractivity contribution is -0.123. The van der Waals surface area contributed by atoms with E-state index in [0.717, 1.165) is 31.2 Å². The van der Waals surface area contributed by atoms with E-state index in [4.69, 9.17) is 11.6 Å². The number of nitrogens with one attached hydrogen (secondary N) is 1. The summed E-state index contributed by atoms with van der Waals surface area (Å²) in [5.74, 6) is -0.273. The van der Waals surface area contributed by atoms with Crippen LogP contribution in [0.25, 0.3) is 0 Å². The second-order valence-electron chi connectivity index (χ2n) is 5.89. The molecule has 120 valence electrons. The normalized spacial score (nSPS) is 15.4. The summed E-state index contributed by atoms with van der Waals surface area (Å²) < 4.78 is 0. The topological polar surface area (TPSA) is 49.4 Å². The second-order valence-corrected chi connectivity index (χ2v) is 6.30. The lowest BCUT2D eigenvalue weighted by Gasteiger charge is -2.26. The van der Waals surface area contributed by atoms with Crippen molar-refractivity contribution in [2.45, 2.75) is 52.0 Å². The molecule has 0 spiro atoms. The zero-order valence-corrected chi connectivity index (χ0v) is 13.9. The van der Waals surface area contributed by atoms with Crippen LogP contribution in [0.5, 0.6) is 0 Å². The summed E-state index contributed by atoms with van der Waals surface area (Å²) in [5, 5.41) is 3.64. The fourth-order valence-corrected chi connectivity index (χ4v) is 3.09. The molecule has 4 nitrogen and oxygen atoms in total. The Bertz CT molecular complexity index is 554. The monoisotopic (exact) mass is 322 g/mol. The highest BCUT2D eigenvalue weighted by Gasteiger charge is 2.21. The van der Waals surface area contributed by atoms with Crippen molar-refractivity contribution in [2.75, 3.05) is 11.4 Å². The molecule has 1 saturated carbocycles. The zero-order chi connectivity index (χ0) is 16.1. The predicted octanol–water partition coefficient (Wildman–Crippen LogP) is 3.45. The first kappa shape index (κ1) is 16.8. The first-order valence-electron chi connectivity index (χ1n) is 7.81. The van der Waals surface area contributed by atoms with Crippen molar-refractivity contribution >= 4 is 29.1 Å². The highest BCUT2D eigenvalue weighted by atomic mass is 35.5. The number of benzene rings is 1. The van der Waals surface area contributed by atoms with E-state index in [0.29, 0.717) is 10.7 Å². The van der Waals surface area contributed by atoms with E-state index >= 15 is 0 Å². The van der Waals surface area contributed by atoms with E-state index in [1.807, 2.05) is 13.0 Å². The van der Waals surface area contributed by atoms with E-state index in [-0.39, 0.29) is 24.4 Å². The molecule has 22 heavy (non-hydrogen) atoms. The molecule has 1 aliphatic carbocycles. The maximum Gasteiger partial charge on any atom is 0.240 e. The number of rotatable bonds is 4. The van der Waals surface area contributed by atoms with Crippen LogP contribution in [-0.4, -0.2) is 24.4 Å². The number of amides is 2. The van der Waals surface area contributed by atoms with Gasteiger partial charge in [-0.1, -0.05) is 36.9 Å². The van der Waals surface area contributed by atoms with Gasteiger partial charge < -0.3 is 10.2 Å². The van der Waals surface area contributed by atoms with Crippen LogP contribution in [0, 0.1) is 6.92 Å². The number of halogens is 1. The summed E-state index contributed by atoms with van der Waals surface area (Å²) in [5.41, 5.74) is 1.50. The van der Waals surface area contributed by atoms with Crippen LogP contribution in [0.15, 0.2) is 18.2 Å². The number of nitrogens with zero attached hydrogens (tertiary/aromatic N) is 1. The Balaban J connectivity index is 2.06. The summed E-state index contributed by atoms with van der Waals surface area (Å²) >= 11 is 6.12. The summed E-state index contributed by atoms with van der Waals surface area (Å²) in [6.07, 6.45) is 5.63. The van der Waals surface area contributed by atoms with Gasteiger partial charge in [-0.05, 0) is 37.5 Å². The van der Waals surface area contributed by atoms with Crippen LogP contribution < -0.4 is 10.2 Å². The lowest BCUT2D eigenvalue weighted by atomic mass is 9.95. The molecule has 0 aromatic heterocycles. The second kappa shape index (κ2) is 7.63. The molecule has 5 heteroatoms. The fraction of sp³-hybridized carbons (Fsp3) is 0.529. The Hall–Kier alpha value is -1.55. The van der Waals surface area contributed by atoms with Gasteiger partial charge >= 0.3 is 0 Å². The lowest BCUT2D eigenvalue weighted by Crippen LogP contribution is -2.44. The Labute approximate surface area is 136 Å². The molecule has 1 aliphatic rings. The molecule has 0 aliphatic heterocycles. The van der Waals surface area contributed by atoms with Crippen molar-refractivity contribution in [1.29, 1.82) is 0 Å². The molecule has 1 N–H and O–H groups in total. The molecule has 1 aromatic carbocycles. The van der Waals surface area contributed by atoms with Crippen LogP contribution in [0.4, 0.5) is 5.69 Å². The highest BCUT2D eigenvalue weighted by molar-refractivity contribution is 6.31. The first-order chi connectivity index (χ1) is 10.5. The van der Waals surface area contributed by atoms with E-state index < -0.39 is 0 Å². The van der Waals surface area contributed by atoms with Crippen molar-refractivity contribution in [2.24, 2.45) is 0 Å². The largest absolute Gasteiger partial charge is 0.352 e. The number of hydrogen-bond donors (Lipinski definition) is 1.